The van der Waals surface area contributed by atoms with Gasteiger partial charge >= 0.3 is 0 Å². The minimum atomic E-state index is -0.0430. The van der Waals surface area contributed by atoms with Crippen LogP contribution in [-0.2, 0) is 0 Å². The standard InChI is InChI=1S/C12H16N3O/c1-14-7-9-15(10-8-14)13-12(16)11-5-3-2-4-6-11/h3-6H,7-10H2,1H3,(H,13,16). The van der Waals surface area contributed by atoms with E-state index in [1.54, 1.807) is 24.3 Å². The Balaban J connectivity index is 1.88. The normalized spacial score (nSPS) is 18.3. The van der Waals surface area contributed by atoms with E-state index in [0.717, 1.165) is 26.2 Å². The summed E-state index contributed by atoms with van der Waals surface area (Å²) in [6, 6.07) is 9.93. The monoisotopic (exact) mass is 218 g/mol. The molecule has 0 unspecified atom stereocenters. The lowest BCUT2D eigenvalue weighted by atomic mass is 10.2. The van der Waals surface area contributed by atoms with Crippen molar-refractivity contribution in [1.82, 2.24) is 15.3 Å². The fraction of sp³-hybridized carbons (Fsp3) is 0.417. The first-order valence-corrected chi connectivity index (χ1v) is 5.46. The lowest BCUT2D eigenvalue weighted by molar-refractivity contribution is 0.0662. The first kappa shape index (κ1) is 11.1. The Bertz CT molecular complexity index is 345. The Morgan fingerprint density at radius 2 is 1.88 bits per heavy atom. The predicted molar refractivity (Wildman–Crippen MR) is 61.8 cm³/mol. The third kappa shape index (κ3) is 2.81. The highest BCUT2D eigenvalue weighted by Gasteiger charge is 2.15. The summed E-state index contributed by atoms with van der Waals surface area (Å²) < 4.78 is 0. The smallest absolute Gasteiger partial charge is 0.265 e. The van der Waals surface area contributed by atoms with Gasteiger partial charge in [-0.1, -0.05) is 12.1 Å². The van der Waals surface area contributed by atoms with Gasteiger partial charge in [0, 0.05) is 31.7 Å². The SMILES string of the molecule is CN1CCN(NC(=O)c2cc[c]cc2)CC1. The zero-order chi connectivity index (χ0) is 11.4. The average molecular weight is 218 g/mol. The van der Waals surface area contributed by atoms with Crippen molar-refractivity contribution in [3.05, 3.63) is 35.9 Å². The third-order valence-corrected chi connectivity index (χ3v) is 2.74. The number of hydrogen-bond acceptors (Lipinski definition) is 3. The molecule has 0 aliphatic carbocycles. The van der Waals surface area contributed by atoms with Gasteiger partial charge in [0.25, 0.3) is 5.91 Å². The lowest BCUT2D eigenvalue weighted by Gasteiger charge is -2.32. The summed E-state index contributed by atoms with van der Waals surface area (Å²) in [7, 11) is 2.09. The van der Waals surface area contributed by atoms with E-state index in [2.05, 4.69) is 23.4 Å². The Hall–Kier alpha value is -1.39. The number of hydrazine groups is 1. The molecule has 0 spiro atoms. The van der Waals surface area contributed by atoms with E-state index in [1.807, 2.05) is 5.01 Å². The molecule has 16 heavy (non-hydrogen) atoms. The van der Waals surface area contributed by atoms with E-state index in [-0.39, 0.29) is 5.91 Å². The van der Waals surface area contributed by atoms with Gasteiger partial charge in [0.2, 0.25) is 0 Å². The molecule has 0 atom stereocenters. The zero-order valence-corrected chi connectivity index (χ0v) is 9.44. The molecule has 4 heteroatoms. The Kier molecular flexibility index (Phi) is 3.54. The van der Waals surface area contributed by atoms with E-state index < -0.39 is 0 Å². The van der Waals surface area contributed by atoms with Crippen LogP contribution in [0.3, 0.4) is 0 Å². The van der Waals surface area contributed by atoms with Crippen molar-refractivity contribution in [3.63, 3.8) is 0 Å². The van der Waals surface area contributed by atoms with Crippen molar-refractivity contribution < 1.29 is 4.79 Å². The highest BCUT2D eigenvalue weighted by molar-refractivity contribution is 5.93. The molecule has 1 amide bonds. The number of piperazine rings is 1. The van der Waals surface area contributed by atoms with Gasteiger partial charge < -0.3 is 4.90 Å². The number of likely N-dealkylation sites (N-methyl/N-ethyl adjacent to an activating group) is 1. The molecular formula is C12H16N3O. The van der Waals surface area contributed by atoms with Crippen molar-refractivity contribution >= 4 is 5.91 Å². The number of amides is 1. The van der Waals surface area contributed by atoms with Crippen LogP contribution in [0.4, 0.5) is 0 Å². The van der Waals surface area contributed by atoms with Gasteiger partial charge in [-0.05, 0) is 25.2 Å². The van der Waals surface area contributed by atoms with Crippen molar-refractivity contribution in [3.8, 4) is 0 Å². The van der Waals surface area contributed by atoms with Gasteiger partial charge in [-0.2, -0.15) is 0 Å². The molecule has 1 saturated heterocycles. The molecular weight excluding hydrogens is 202 g/mol. The van der Waals surface area contributed by atoms with Gasteiger partial charge in [0.1, 0.15) is 0 Å². The highest BCUT2D eigenvalue weighted by atomic mass is 16.2. The second kappa shape index (κ2) is 5.09. The van der Waals surface area contributed by atoms with Gasteiger partial charge in [-0.3, -0.25) is 10.2 Å². The fourth-order valence-corrected chi connectivity index (χ4v) is 1.66. The predicted octanol–water partition coefficient (Wildman–Crippen LogP) is 0.379. The third-order valence-electron chi connectivity index (χ3n) is 2.74. The van der Waals surface area contributed by atoms with Crippen LogP contribution in [-0.4, -0.2) is 49.0 Å². The summed E-state index contributed by atoms with van der Waals surface area (Å²) in [4.78, 5) is 14.1. The van der Waals surface area contributed by atoms with E-state index in [0.29, 0.717) is 5.56 Å². The molecule has 1 radical (unpaired) electrons. The number of hydrogen-bond donors (Lipinski definition) is 1. The molecule has 1 aliphatic rings. The summed E-state index contributed by atoms with van der Waals surface area (Å²) >= 11 is 0. The first-order valence-electron chi connectivity index (χ1n) is 5.46. The highest BCUT2D eigenvalue weighted by Crippen LogP contribution is 2.00. The zero-order valence-electron chi connectivity index (χ0n) is 9.44. The Morgan fingerprint density at radius 3 is 2.50 bits per heavy atom. The molecule has 4 nitrogen and oxygen atoms in total. The first-order chi connectivity index (χ1) is 7.75. The Morgan fingerprint density at radius 1 is 1.25 bits per heavy atom. The fourth-order valence-electron chi connectivity index (χ4n) is 1.66. The molecule has 1 aromatic carbocycles. The van der Waals surface area contributed by atoms with Gasteiger partial charge in [0.15, 0.2) is 0 Å². The summed E-state index contributed by atoms with van der Waals surface area (Å²) in [6.45, 7) is 3.73. The second-order valence-electron chi connectivity index (χ2n) is 4.02. The van der Waals surface area contributed by atoms with E-state index in [9.17, 15) is 4.79 Å². The summed E-state index contributed by atoms with van der Waals surface area (Å²) in [5, 5.41) is 1.97. The van der Waals surface area contributed by atoms with E-state index in [1.165, 1.54) is 0 Å². The lowest BCUT2D eigenvalue weighted by Crippen LogP contribution is -2.52. The second-order valence-corrected chi connectivity index (χ2v) is 4.02. The maximum atomic E-state index is 11.8. The summed E-state index contributed by atoms with van der Waals surface area (Å²) in [5.41, 5.74) is 3.59. The number of rotatable bonds is 2. The summed E-state index contributed by atoms with van der Waals surface area (Å²) in [6.07, 6.45) is 0. The van der Waals surface area contributed by atoms with Crippen molar-refractivity contribution in [2.75, 3.05) is 33.2 Å². The van der Waals surface area contributed by atoms with E-state index >= 15 is 0 Å². The molecule has 0 bridgehead atoms. The van der Waals surface area contributed by atoms with Crippen molar-refractivity contribution in [1.29, 1.82) is 0 Å². The molecule has 1 aromatic rings. The minimum Gasteiger partial charge on any atom is -0.304 e. The number of nitrogens with zero attached hydrogens (tertiary/aromatic N) is 2. The number of nitrogens with one attached hydrogen (secondary N) is 1. The van der Waals surface area contributed by atoms with Crippen LogP contribution in [0, 0.1) is 6.07 Å². The molecule has 0 aromatic heterocycles. The summed E-state index contributed by atoms with van der Waals surface area (Å²) in [5.74, 6) is -0.0430. The van der Waals surface area contributed by atoms with Crippen LogP contribution in [0.25, 0.3) is 0 Å². The van der Waals surface area contributed by atoms with Crippen LogP contribution >= 0.6 is 0 Å². The topological polar surface area (TPSA) is 35.6 Å². The number of carbonyl (C=O) groups excluding carboxylic acids is 1. The molecule has 1 fully saturated rings. The molecule has 0 saturated carbocycles. The number of carbonyl (C=O) groups is 1. The van der Waals surface area contributed by atoms with Crippen molar-refractivity contribution in [2.24, 2.45) is 0 Å². The van der Waals surface area contributed by atoms with Crippen molar-refractivity contribution in [2.45, 2.75) is 0 Å². The molecule has 1 N–H and O–H groups in total. The van der Waals surface area contributed by atoms with Crippen LogP contribution in [0.2, 0.25) is 0 Å². The molecule has 85 valence electrons. The van der Waals surface area contributed by atoms with Crippen LogP contribution < -0.4 is 5.43 Å². The Labute approximate surface area is 95.8 Å². The van der Waals surface area contributed by atoms with Gasteiger partial charge in [-0.15, -0.1) is 0 Å². The van der Waals surface area contributed by atoms with Crippen LogP contribution in [0.15, 0.2) is 24.3 Å². The van der Waals surface area contributed by atoms with Gasteiger partial charge in [0.05, 0.1) is 0 Å². The molecule has 1 aliphatic heterocycles. The average Bonchev–Trinajstić information content (AvgIpc) is 2.33. The van der Waals surface area contributed by atoms with Crippen LogP contribution in [0.1, 0.15) is 10.4 Å². The van der Waals surface area contributed by atoms with Gasteiger partial charge in [-0.25, -0.2) is 5.01 Å². The van der Waals surface area contributed by atoms with E-state index in [4.69, 9.17) is 0 Å². The largest absolute Gasteiger partial charge is 0.304 e. The quantitative estimate of drug-likeness (QED) is 0.779. The molecule has 1 heterocycles. The molecule has 2 rings (SSSR count). The number of benzene rings is 1. The van der Waals surface area contributed by atoms with Crippen LogP contribution in [0.5, 0.6) is 0 Å². The maximum absolute atomic E-state index is 11.8. The maximum Gasteiger partial charge on any atom is 0.265 e. The minimum absolute atomic E-state index is 0.0430.